The minimum Gasteiger partial charge on any atom is -0.360 e. The second-order valence-electron chi connectivity index (χ2n) is 6.66. The minimum absolute atomic E-state index is 0.150. The van der Waals surface area contributed by atoms with Gasteiger partial charge in [-0.2, -0.15) is 0 Å². The number of hydrogen-bond acceptors (Lipinski definition) is 3. The van der Waals surface area contributed by atoms with E-state index in [-0.39, 0.29) is 6.98 Å². The standard InChI is InChI=1S/C22H15BN2S/c1-2-8-16(9-3-1)24-20-12-6-7-13-21(20)25-22-18(14-15-26-22)17-10-4-5-11-19(17)23(24)25/h1-15H. The van der Waals surface area contributed by atoms with Crippen molar-refractivity contribution < 1.29 is 0 Å². The molecule has 0 atom stereocenters. The molecule has 0 aliphatic carbocycles. The molecule has 1 aromatic heterocycles. The third kappa shape index (κ3) is 1.77. The summed E-state index contributed by atoms with van der Waals surface area (Å²) < 4.78 is 0. The van der Waals surface area contributed by atoms with Crippen molar-refractivity contribution in [3.05, 3.63) is 90.3 Å². The van der Waals surface area contributed by atoms with Crippen LogP contribution >= 0.6 is 11.3 Å². The summed E-state index contributed by atoms with van der Waals surface area (Å²) in [5, 5.41) is 3.54. The Bertz CT molecular complexity index is 1120. The topological polar surface area (TPSA) is 6.48 Å². The zero-order chi connectivity index (χ0) is 17.1. The van der Waals surface area contributed by atoms with Crippen LogP contribution in [-0.4, -0.2) is 6.98 Å². The van der Waals surface area contributed by atoms with E-state index in [1.165, 1.54) is 38.7 Å². The van der Waals surface area contributed by atoms with Crippen LogP contribution in [0.2, 0.25) is 0 Å². The molecule has 6 rings (SSSR count). The molecule has 0 spiro atoms. The van der Waals surface area contributed by atoms with Gasteiger partial charge in [-0.3, -0.25) is 0 Å². The summed E-state index contributed by atoms with van der Waals surface area (Å²) in [7, 11) is 0. The second-order valence-corrected chi connectivity index (χ2v) is 7.56. The average molecular weight is 350 g/mol. The maximum Gasteiger partial charge on any atom is 0.422 e. The highest BCUT2D eigenvalue weighted by atomic mass is 32.1. The monoisotopic (exact) mass is 350 g/mol. The predicted octanol–water partition coefficient (Wildman–Crippen LogP) is 5.41. The summed E-state index contributed by atoms with van der Waals surface area (Å²) in [4.78, 5) is 4.97. The van der Waals surface area contributed by atoms with E-state index in [1.54, 1.807) is 0 Å². The molecule has 0 saturated carbocycles. The molecule has 0 bridgehead atoms. The average Bonchev–Trinajstić information content (AvgIpc) is 3.32. The first-order chi connectivity index (χ1) is 12.9. The molecule has 122 valence electrons. The molecule has 0 saturated heterocycles. The van der Waals surface area contributed by atoms with Gasteiger partial charge in [0.1, 0.15) is 0 Å². The molecule has 0 radical (unpaired) electrons. The number of rotatable bonds is 1. The number of fused-ring (bicyclic) bond motifs is 8. The molecule has 4 heteroatoms. The molecule has 0 unspecified atom stereocenters. The molecule has 2 aliphatic heterocycles. The fraction of sp³-hybridized carbons (Fsp3) is 0. The Morgan fingerprint density at radius 2 is 1.31 bits per heavy atom. The van der Waals surface area contributed by atoms with Gasteiger partial charge in [-0.15, -0.1) is 11.3 Å². The van der Waals surface area contributed by atoms with Crippen molar-refractivity contribution in [2.75, 3.05) is 9.62 Å². The molecule has 0 N–H and O–H groups in total. The third-order valence-electron chi connectivity index (χ3n) is 5.32. The Morgan fingerprint density at radius 3 is 2.15 bits per heavy atom. The van der Waals surface area contributed by atoms with Gasteiger partial charge in [-0.1, -0.05) is 54.6 Å². The molecule has 0 fully saturated rings. The summed E-state index contributed by atoms with van der Waals surface area (Å²) in [6.07, 6.45) is 0. The van der Waals surface area contributed by atoms with E-state index in [1.807, 2.05) is 11.3 Å². The molecule has 0 amide bonds. The number of para-hydroxylation sites is 3. The van der Waals surface area contributed by atoms with E-state index in [4.69, 9.17) is 0 Å². The first-order valence-corrected chi connectivity index (χ1v) is 9.71. The molecule has 3 aromatic carbocycles. The normalized spacial score (nSPS) is 13.9. The van der Waals surface area contributed by atoms with Gasteiger partial charge in [0, 0.05) is 11.3 Å². The Hall–Kier alpha value is -2.98. The van der Waals surface area contributed by atoms with E-state index in [2.05, 4.69) is 99.9 Å². The highest BCUT2D eigenvalue weighted by Gasteiger charge is 2.47. The van der Waals surface area contributed by atoms with Crippen molar-refractivity contribution in [1.29, 1.82) is 0 Å². The molecular formula is C22H15BN2S. The van der Waals surface area contributed by atoms with E-state index in [9.17, 15) is 0 Å². The molecule has 3 heterocycles. The van der Waals surface area contributed by atoms with Crippen molar-refractivity contribution in [3.63, 3.8) is 0 Å². The quantitative estimate of drug-likeness (QED) is 0.423. The lowest BCUT2D eigenvalue weighted by Crippen LogP contribution is -2.55. The van der Waals surface area contributed by atoms with Crippen molar-refractivity contribution in [2.24, 2.45) is 0 Å². The van der Waals surface area contributed by atoms with Crippen LogP contribution in [0.4, 0.5) is 22.1 Å². The lowest BCUT2D eigenvalue weighted by molar-refractivity contribution is 1.40. The zero-order valence-electron chi connectivity index (χ0n) is 14.0. The number of nitrogens with zero attached hydrogens (tertiary/aromatic N) is 2. The van der Waals surface area contributed by atoms with Crippen LogP contribution in [0.1, 0.15) is 0 Å². The van der Waals surface area contributed by atoms with Crippen molar-refractivity contribution in [2.45, 2.75) is 0 Å². The summed E-state index contributed by atoms with van der Waals surface area (Å²) in [5.74, 6) is 0. The molecule has 4 aromatic rings. The van der Waals surface area contributed by atoms with Crippen LogP contribution in [0.5, 0.6) is 0 Å². The van der Waals surface area contributed by atoms with E-state index < -0.39 is 0 Å². The zero-order valence-corrected chi connectivity index (χ0v) is 14.9. The SMILES string of the molecule is c1ccc(N2B3c4ccccc4-c4ccsc4N3c3ccccc32)cc1. The Kier molecular flexibility index (Phi) is 2.88. The Labute approximate surface area is 157 Å². The van der Waals surface area contributed by atoms with E-state index in [0.717, 1.165) is 0 Å². The summed E-state index contributed by atoms with van der Waals surface area (Å²) >= 11 is 1.83. The van der Waals surface area contributed by atoms with Crippen LogP contribution < -0.4 is 15.1 Å². The maximum atomic E-state index is 2.50. The van der Waals surface area contributed by atoms with Gasteiger partial charge in [0.2, 0.25) is 0 Å². The van der Waals surface area contributed by atoms with Gasteiger partial charge < -0.3 is 9.62 Å². The summed E-state index contributed by atoms with van der Waals surface area (Å²) in [6, 6.07) is 30.5. The predicted molar refractivity (Wildman–Crippen MR) is 112 cm³/mol. The third-order valence-corrected chi connectivity index (χ3v) is 6.23. The van der Waals surface area contributed by atoms with E-state index >= 15 is 0 Å². The summed E-state index contributed by atoms with van der Waals surface area (Å²) in [5.41, 5.74) is 7.81. The lowest BCUT2D eigenvalue weighted by Gasteiger charge is -2.34. The summed E-state index contributed by atoms with van der Waals surface area (Å²) in [6.45, 7) is 0.150. The molecule has 2 nitrogen and oxygen atoms in total. The number of benzene rings is 3. The van der Waals surface area contributed by atoms with Crippen LogP contribution in [0.15, 0.2) is 90.3 Å². The van der Waals surface area contributed by atoms with Crippen molar-refractivity contribution in [3.8, 4) is 11.1 Å². The maximum absolute atomic E-state index is 2.50. The molecule has 2 aliphatic rings. The van der Waals surface area contributed by atoms with Gasteiger partial charge in [-0.25, -0.2) is 0 Å². The van der Waals surface area contributed by atoms with Gasteiger partial charge in [0.25, 0.3) is 0 Å². The van der Waals surface area contributed by atoms with Gasteiger partial charge >= 0.3 is 6.98 Å². The van der Waals surface area contributed by atoms with Crippen molar-refractivity contribution in [1.82, 2.24) is 0 Å². The lowest BCUT2D eigenvalue weighted by atomic mass is 9.60. The first kappa shape index (κ1) is 14.2. The van der Waals surface area contributed by atoms with Crippen molar-refractivity contribution >= 4 is 45.8 Å². The molecular weight excluding hydrogens is 335 g/mol. The van der Waals surface area contributed by atoms with Crippen LogP contribution in [0.3, 0.4) is 0 Å². The fourth-order valence-electron chi connectivity index (χ4n) is 4.28. The van der Waals surface area contributed by atoms with Crippen LogP contribution in [0.25, 0.3) is 11.1 Å². The fourth-order valence-corrected chi connectivity index (χ4v) is 5.23. The van der Waals surface area contributed by atoms with Gasteiger partial charge in [0.15, 0.2) is 0 Å². The molecule has 26 heavy (non-hydrogen) atoms. The van der Waals surface area contributed by atoms with Crippen LogP contribution in [0, 0.1) is 0 Å². The van der Waals surface area contributed by atoms with Gasteiger partial charge in [0.05, 0.1) is 16.4 Å². The number of thiophene rings is 1. The second kappa shape index (κ2) is 5.26. The van der Waals surface area contributed by atoms with Crippen LogP contribution in [-0.2, 0) is 0 Å². The first-order valence-electron chi connectivity index (χ1n) is 8.83. The Balaban J connectivity index is 1.69. The highest BCUT2D eigenvalue weighted by Crippen LogP contribution is 2.52. The number of anilines is 4. The largest absolute Gasteiger partial charge is 0.422 e. The van der Waals surface area contributed by atoms with Gasteiger partial charge in [-0.05, 0) is 46.7 Å². The van der Waals surface area contributed by atoms with E-state index in [0.29, 0.717) is 0 Å². The number of hydrogen-bond donors (Lipinski definition) is 0. The smallest absolute Gasteiger partial charge is 0.360 e. The highest BCUT2D eigenvalue weighted by molar-refractivity contribution is 7.16. The minimum atomic E-state index is 0.150. The Morgan fingerprint density at radius 1 is 0.615 bits per heavy atom.